The number of rotatable bonds is 3. The highest BCUT2D eigenvalue weighted by Crippen LogP contribution is 2.37. The van der Waals surface area contributed by atoms with Gasteiger partial charge in [-0.05, 0) is 24.7 Å². The summed E-state index contributed by atoms with van der Waals surface area (Å²) in [6, 6.07) is 6.00. The molecule has 0 radical (unpaired) electrons. The van der Waals surface area contributed by atoms with Crippen LogP contribution in [0.4, 0.5) is 0 Å². The molecule has 1 aliphatic heterocycles. The first-order valence-electron chi connectivity index (χ1n) is 6.41. The minimum Gasteiger partial charge on any atom is -0.454 e. The molecule has 1 aliphatic rings. The average molecular weight is 287 g/mol. The minimum absolute atomic E-state index is 0.293. The van der Waals surface area contributed by atoms with Crippen LogP contribution in [0.15, 0.2) is 29.8 Å². The number of aromatic nitrogens is 2. The Morgan fingerprint density at radius 1 is 1.30 bits per heavy atom. The van der Waals surface area contributed by atoms with E-state index >= 15 is 0 Å². The first kappa shape index (κ1) is 11.7. The number of hydrogen-bond acceptors (Lipinski definition) is 5. The van der Waals surface area contributed by atoms with Crippen LogP contribution >= 0.6 is 11.3 Å². The highest BCUT2D eigenvalue weighted by atomic mass is 32.1. The van der Waals surface area contributed by atoms with Gasteiger partial charge in [0, 0.05) is 23.1 Å². The molecule has 20 heavy (non-hydrogen) atoms. The molecule has 0 saturated carbocycles. The van der Waals surface area contributed by atoms with Crippen molar-refractivity contribution in [2.75, 3.05) is 13.3 Å². The number of hydrogen-bond donors (Lipinski definition) is 1. The molecule has 3 aromatic rings. The van der Waals surface area contributed by atoms with Crippen molar-refractivity contribution in [3.63, 3.8) is 0 Å². The molecule has 0 unspecified atom stereocenters. The molecule has 102 valence electrons. The van der Waals surface area contributed by atoms with E-state index in [0.29, 0.717) is 13.3 Å². The molecule has 0 spiro atoms. The third kappa shape index (κ3) is 1.69. The van der Waals surface area contributed by atoms with Crippen molar-refractivity contribution < 1.29 is 9.47 Å². The molecule has 0 fully saturated rings. The molecule has 4 rings (SSSR count). The zero-order valence-electron chi connectivity index (χ0n) is 10.7. The molecule has 0 aliphatic carbocycles. The number of nitrogens with zero attached hydrogens (tertiary/aromatic N) is 2. The van der Waals surface area contributed by atoms with Crippen molar-refractivity contribution >= 4 is 16.3 Å². The standard InChI is InChI=1S/C14H13N3O2S/c15-4-3-10-6-16-14-17(10)11(7-20-14)9-1-2-12-13(5-9)19-8-18-12/h1-2,5-7H,3-4,8,15H2. The summed E-state index contributed by atoms with van der Waals surface area (Å²) in [6.07, 6.45) is 2.71. The van der Waals surface area contributed by atoms with Gasteiger partial charge in [0.25, 0.3) is 0 Å². The fourth-order valence-electron chi connectivity index (χ4n) is 2.45. The second-order valence-electron chi connectivity index (χ2n) is 4.60. The lowest BCUT2D eigenvalue weighted by Crippen LogP contribution is -2.05. The van der Waals surface area contributed by atoms with Gasteiger partial charge in [0.15, 0.2) is 16.5 Å². The predicted molar refractivity (Wildman–Crippen MR) is 77.4 cm³/mol. The van der Waals surface area contributed by atoms with Gasteiger partial charge in [0.2, 0.25) is 6.79 Å². The Balaban J connectivity index is 1.87. The summed E-state index contributed by atoms with van der Waals surface area (Å²) in [5, 5.41) is 2.11. The van der Waals surface area contributed by atoms with Crippen molar-refractivity contribution in [1.82, 2.24) is 9.38 Å². The van der Waals surface area contributed by atoms with E-state index in [0.717, 1.165) is 39.8 Å². The molecule has 6 heteroatoms. The molecular formula is C14H13N3O2S. The largest absolute Gasteiger partial charge is 0.454 e. The molecule has 1 aromatic carbocycles. The van der Waals surface area contributed by atoms with Crippen LogP contribution in [-0.2, 0) is 6.42 Å². The number of fused-ring (bicyclic) bond motifs is 2. The monoisotopic (exact) mass is 287 g/mol. The van der Waals surface area contributed by atoms with Crippen LogP contribution in [0.1, 0.15) is 5.69 Å². The number of benzene rings is 1. The topological polar surface area (TPSA) is 61.8 Å². The van der Waals surface area contributed by atoms with E-state index in [4.69, 9.17) is 15.2 Å². The molecule has 2 N–H and O–H groups in total. The van der Waals surface area contributed by atoms with Gasteiger partial charge in [-0.2, -0.15) is 0 Å². The smallest absolute Gasteiger partial charge is 0.231 e. The first-order chi connectivity index (χ1) is 9.86. The molecule has 0 bridgehead atoms. The Kier molecular flexibility index (Phi) is 2.64. The van der Waals surface area contributed by atoms with Crippen LogP contribution in [0.2, 0.25) is 0 Å². The van der Waals surface area contributed by atoms with Gasteiger partial charge in [-0.1, -0.05) is 0 Å². The fourth-order valence-corrected chi connectivity index (χ4v) is 3.34. The van der Waals surface area contributed by atoms with Crippen molar-refractivity contribution in [2.24, 2.45) is 5.73 Å². The second kappa shape index (κ2) is 4.50. The number of thiazole rings is 1. The van der Waals surface area contributed by atoms with Crippen LogP contribution in [0, 0.1) is 0 Å². The van der Waals surface area contributed by atoms with Gasteiger partial charge in [-0.15, -0.1) is 11.3 Å². The highest BCUT2D eigenvalue weighted by Gasteiger charge is 2.17. The van der Waals surface area contributed by atoms with E-state index in [1.54, 1.807) is 11.3 Å². The summed E-state index contributed by atoms with van der Waals surface area (Å²) in [5.74, 6) is 1.59. The molecule has 0 amide bonds. The zero-order valence-corrected chi connectivity index (χ0v) is 11.5. The van der Waals surface area contributed by atoms with Crippen LogP contribution in [0.3, 0.4) is 0 Å². The first-order valence-corrected chi connectivity index (χ1v) is 7.28. The van der Waals surface area contributed by atoms with Crippen molar-refractivity contribution in [3.8, 4) is 22.8 Å². The summed E-state index contributed by atoms with van der Waals surface area (Å²) >= 11 is 1.63. The van der Waals surface area contributed by atoms with E-state index in [1.165, 1.54) is 0 Å². The van der Waals surface area contributed by atoms with Gasteiger partial charge in [0.1, 0.15) is 0 Å². The average Bonchev–Trinajstić information content (AvgIpc) is 3.14. The third-order valence-corrected chi connectivity index (χ3v) is 4.23. The van der Waals surface area contributed by atoms with Crippen molar-refractivity contribution in [2.45, 2.75) is 6.42 Å². The van der Waals surface area contributed by atoms with E-state index < -0.39 is 0 Å². The second-order valence-corrected chi connectivity index (χ2v) is 5.43. The zero-order chi connectivity index (χ0) is 13.5. The lowest BCUT2D eigenvalue weighted by Gasteiger charge is -2.05. The summed E-state index contributed by atoms with van der Waals surface area (Å²) < 4.78 is 13.0. The molecule has 5 nitrogen and oxygen atoms in total. The lowest BCUT2D eigenvalue weighted by molar-refractivity contribution is 0.174. The SMILES string of the molecule is NCCc1cnc2scc(-c3ccc4c(c3)OCO4)n12. The Bertz CT molecular complexity index is 778. The van der Waals surface area contributed by atoms with Crippen LogP contribution in [0.25, 0.3) is 16.2 Å². The number of nitrogens with two attached hydrogens (primary N) is 1. The molecule has 0 atom stereocenters. The van der Waals surface area contributed by atoms with Gasteiger partial charge in [0.05, 0.1) is 11.9 Å². The van der Waals surface area contributed by atoms with E-state index in [9.17, 15) is 0 Å². The van der Waals surface area contributed by atoms with Crippen molar-refractivity contribution in [1.29, 1.82) is 0 Å². The summed E-state index contributed by atoms with van der Waals surface area (Å²) in [7, 11) is 0. The Labute approximate surface area is 119 Å². The maximum Gasteiger partial charge on any atom is 0.231 e. The Morgan fingerprint density at radius 3 is 3.10 bits per heavy atom. The molecule has 2 aromatic heterocycles. The van der Waals surface area contributed by atoms with Gasteiger partial charge in [-0.3, -0.25) is 4.40 Å². The van der Waals surface area contributed by atoms with Crippen LogP contribution in [0.5, 0.6) is 11.5 Å². The fraction of sp³-hybridized carbons (Fsp3) is 0.214. The number of imidazole rings is 1. The molecule has 0 saturated heterocycles. The Hall–Kier alpha value is -2.05. The van der Waals surface area contributed by atoms with Crippen LogP contribution in [-0.4, -0.2) is 22.7 Å². The minimum atomic E-state index is 0.293. The van der Waals surface area contributed by atoms with E-state index in [1.807, 2.05) is 24.4 Å². The quantitative estimate of drug-likeness (QED) is 0.803. The lowest BCUT2D eigenvalue weighted by atomic mass is 10.1. The maximum absolute atomic E-state index is 5.67. The summed E-state index contributed by atoms with van der Waals surface area (Å²) in [5.41, 5.74) is 9.01. The molecular weight excluding hydrogens is 274 g/mol. The predicted octanol–water partition coefficient (Wildman–Crippen LogP) is 2.29. The van der Waals surface area contributed by atoms with E-state index in [-0.39, 0.29) is 0 Å². The highest BCUT2D eigenvalue weighted by molar-refractivity contribution is 7.15. The third-order valence-electron chi connectivity index (χ3n) is 3.39. The van der Waals surface area contributed by atoms with Gasteiger partial charge >= 0.3 is 0 Å². The maximum atomic E-state index is 5.67. The summed E-state index contributed by atoms with van der Waals surface area (Å²) in [4.78, 5) is 5.41. The molecule has 3 heterocycles. The van der Waals surface area contributed by atoms with Gasteiger partial charge in [-0.25, -0.2) is 4.98 Å². The van der Waals surface area contributed by atoms with E-state index in [2.05, 4.69) is 14.8 Å². The Morgan fingerprint density at radius 2 is 2.20 bits per heavy atom. The normalized spacial score (nSPS) is 13.2. The number of ether oxygens (including phenoxy) is 2. The van der Waals surface area contributed by atoms with Crippen molar-refractivity contribution in [3.05, 3.63) is 35.5 Å². The van der Waals surface area contributed by atoms with Gasteiger partial charge < -0.3 is 15.2 Å². The summed E-state index contributed by atoms with van der Waals surface area (Å²) in [6.45, 7) is 0.908. The van der Waals surface area contributed by atoms with Crippen LogP contribution < -0.4 is 15.2 Å².